The highest BCUT2D eigenvalue weighted by Gasteiger charge is 2.20. The first kappa shape index (κ1) is 14.3. The fourth-order valence-corrected chi connectivity index (χ4v) is 2.83. The van der Waals surface area contributed by atoms with Gasteiger partial charge in [-0.25, -0.2) is 0 Å². The number of aromatic nitrogens is 1. The van der Waals surface area contributed by atoms with Crippen LogP contribution in [0, 0.1) is 0 Å². The normalized spacial score (nSPS) is 12.5. The molecule has 22 heavy (non-hydrogen) atoms. The number of nitrogens with zero attached hydrogens (tertiary/aromatic N) is 1. The third-order valence-corrected chi connectivity index (χ3v) is 3.97. The minimum Gasteiger partial charge on any atom is -0.515 e. The molecule has 2 aliphatic rings. The molecule has 112 valence electrons. The molecular formula is C17H15NO4. The highest BCUT2D eigenvalue weighted by molar-refractivity contribution is 5.96. The molecule has 1 aromatic rings. The van der Waals surface area contributed by atoms with Crippen LogP contribution in [-0.4, -0.2) is 9.67 Å². The largest absolute Gasteiger partial charge is 0.515 e. The molecule has 0 bridgehead atoms. The highest BCUT2D eigenvalue weighted by Crippen LogP contribution is 2.24. The van der Waals surface area contributed by atoms with Gasteiger partial charge in [0.2, 0.25) is 0 Å². The van der Waals surface area contributed by atoms with E-state index in [1.54, 1.807) is 18.2 Å². The monoisotopic (exact) mass is 297 g/mol. The molecule has 0 spiro atoms. The summed E-state index contributed by atoms with van der Waals surface area (Å²) in [7, 11) is 0. The zero-order valence-electron chi connectivity index (χ0n) is 12.1. The van der Waals surface area contributed by atoms with E-state index in [0.29, 0.717) is 29.3 Å². The minimum atomic E-state index is -0.412. The van der Waals surface area contributed by atoms with Gasteiger partial charge in [-0.1, -0.05) is 25.5 Å². The summed E-state index contributed by atoms with van der Waals surface area (Å²) in [6, 6.07) is 6.18. The lowest BCUT2D eigenvalue weighted by Crippen LogP contribution is -2.37. The van der Waals surface area contributed by atoms with Crippen molar-refractivity contribution in [3.63, 3.8) is 0 Å². The van der Waals surface area contributed by atoms with Crippen molar-refractivity contribution < 1.29 is 5.11 Å². The van der Waals surface area contributed by atoms with Crippen LogP contribution >= 0.6 is 0 Å². The number of hydrogen-bond donors (Lipinski definition) is 1. The number of aliphatic hydroxyl groups is 1. The van der Waals surface area contributed by atoms with Gasteiger partial charge >= 0.3 is 0 Å². The summed E-state index contributed by atoms with van der Waals surface area (Å²) in [5.74, 6) is 0. The topological polar surface area (TPSA) is 76.4 Å². The van der Waals surface area contributed by atoms with Crippen molar-refractivity contribution in [1.29, 1.82) is 0 Å². The summed E-state index contributed by atoms with van der Waals surface area (Å²) in [4.78, 5) is 37.4. The Morgan fingerprint density at radius 1 is 1.14 bits per heavy atom. The van der Waals surface area contributed by atoms with Crippen LogP contribution in [0.1, 0.15) is 19.8 Å². The molecule has 1 heterocycles. The lowest BCUT2D eigenvalue weighted by molar-refractivity contribution is 0.540. The van der Waals surface area contributed by atoms with E-state index in [0.717, 1.165) is 12.8 Å². The molecule has 1 aliphatic carbocycles. The maximum Gasteiger partial charge on any atom is 0.261 e. The smallest absolute Gasteiger partial charge is 0.261 e. The first-order valence-electron chi connectivity index (χ1n) is 7.20. The quantitative estimate of drug-likeness (QED) is 0.785. The van der Waals surface area contributed by atoms with E-state index in [-0.39, 0.29) is 21.6 Å². The third-order valence-electron chi connectivity index (χ3n) is 3.97. The standard InChI is InChI=1S/C17H15NO4/c1-2-3-7-18-16(21)12-6-4-5-11-14(12)13(17(18)22)8-10(9-19)15(11)20/h4-6,8-9,19H,2-3,7H2,1H3. The Morgan fingerprint density at radius 3 is 2.55 bits per heavy atom. The molecule has 1 aliphatic heterocycles. The molecule has 0 radical (unpaired) electrons. The van der Waals surface area contributed by atoms with Gasteiger partial charge in [-0.2, -0.15) is 0 Å². The summed E-state index contributed by atoms with van der Waals surface area (Å²) in [6.07, 6.45) is 2.29. The molecule has 0 saturated carbocycles. The van der Waals surface area contributed by atoms with E-state index in [1.165, 1.54) is 10.6 Å². The van der Waals surface area contributed by atoms with Crippen molar-refractivity contribution in [1.82, 2.24) is 4.57 Å². The van der Waals surface area contributed by atoms with Crippen LogP contribution in [0.2, 0.25) is 0 Å². The molecule has 0 unspecified atom stereocenters. The lowest BCUT2D eigenvalue weighted by Gasteiger charge is -2.13. The molecule has 3 rings (SSSR count). The van der Waals surface area contributed by atoms with E-state index in [9.17, 15) is 19.5 Å². The van der Waals surface area contributed by atoms with Gasteiger partial charge in [-0.05, 0) is 18.6 Å². The van der Waals surface area contributed by atoms with Gasteiger partial charge in [0.25, 0.3) is 11.1 Å². The number of unbranched alkanes of at least 4 members (excludes halogenated alkanes) is 1. The van der Waals surface area contributed by atoms with E-state index in [1.807, 2.05) is 6.92 Å². The van der Waals surface area contributed by atoms with Gasteiger partial charge in [0.1, 0.15) is 0 Å². The van der Waals surface area contributed by atoms with Gasteiger partial charge in [-0.3, -0.25) is 19.0 Å². The molecule has 0 saturated heterocycles. The fraction of sp³-hybridized carbons (Fsp3) is 0.235. The zero-order chi connectivity index (χ0) is 15.9. The molecular weight excluding hydrogens is 282 g/mol. The zero-order valence-corrected chi connectivity index (χ0v) is 12.1. The minimum absolute atomic E-state index is 0.0535. The summed E-state index contributed by atoms with van der Waals surface area (Å²) < 4.78 is 1.21. The molecule has 5 heteroatoms. The van der Waals surface area contributed by atoms with Crippen LogP contribution in [0.3, 0.4) is 0 Å². The molecule has 5 nitrogen and oxygen atoms in total. The van der Waals surface area contributed by atoms with Crippen molar-refractivity contribution >= 4 is 17.0 Å². The van der Waals surface area contributed by atoms with Gasteiger partial charge in [0.15, 0.2) is 5.43 Å². The lowest BCUT2D eigenvalue weighted by atomic mass is 9.95. The van der Waals surface area contributed by atoms with E-state index < -0.39 is 5.56 Å². The van der Waals surface area contributed by atoms with Crippen LogP contribution in [-0.2, 0) is 6.54 Å². The van der Waals surface area contributed by atoms with Crippen molar-refractivity contribution in [2.24, 2.45) is 0 Å². The SMILES string of the molecule is CCCCn1c(=O)c2cc(=CO)c(=O)c3cccc(c3-2)c1=O. The van der Waals surface area contributed by atoms with Crippen molar-refractivity contribution in [2.75, 3.05) is 0 Å². The Hall–Kier alpha value is -2.69. The first-order valence-corrected chi connectivity index (χ1v) is 7.20. The Labute approximate surface area is 125 Å². The van der Waals surface area contributed by atoms with Gasteiger partial charge in [0.05, 0.1) is 11.5 Å². The van der Waals surface area contributed by atoms with Crippen LogP contribution in [0.25, 0.3) is 28.2 Å². The maximum absolute atomic E-state index is 12.6. The molecule has 0 amide bonds. The van der Waals surface area contributed by atoms with Crippen LogP contribution in [0.5, 0.6) is 0 Å². The van der Waals surface area contributed by atoms with E-state index in [2.05, 4.69) is 0 Å². The molecule has 0 fully saturated rings. The Bertz CT molecular complexity index is 1040. The second-order valence-electron chi connectivity index (χ2n) is 5.32. The van der Waals surface area contributed by atoms with Gasteiger partial charge in [0, 0.05) is 28.4 Å². The summed E-state index contributed by atoms with van der Waals surface area (Å²) in [6.45, 7) is 2.33. The van der Waals surface area contributed by atoms with Crippen molar-refractivity contribution in [3.05, 3.63) is 60.4 Å². The second kappa shape index (κ2) is 5.26. The predicted molar refractivity (Wildman–Crippen MR) is 85.8 cm³/mol. The third kappa shape index (κ3) is 1.89. The summed E-state index contributed by atoms with van der Waals surface area (Å²) >= 11 is 0. The van der Waals surface area contributed by atoms with Crippen LogP contribution in [0.15, 0.2) is 38.6 Å². The Kier molecular flexibility index (Phi) is 3.41. The van der Waals surface area contributed by atoms with Crippen molar-refractivity contribution in [3.8, 4) is 11.1 Å². The number of hydrogen-bond acceptors (Lipinski definition) is 4. The molecule has 0 atom stereocenters. The van der Waals surface area contributed by atoms with E-state index in [4.69, 9.17) is 0 Å². The van der Waals surface area contributed by atoms with Gasteiger partial charge in [-0.15, -0.1) is 0 Å². The van der Waals surface area contributed by atoms with Crippen molar-refractivity contribution in [2.45, 2.75) is 26.3 Å². The second-order valence-corrected chi connectivity index (χ2v) is 5.32. The number of benzene rings is 2. The number of rotatable bonds is 3. The fourth-order valence-electron chi connectivity index (χ4n) is 2.83. The van der Waals surface area contributed by atoms with Crippen LogP contribution in [0.4, 0.5) is 0 Å². The number of pyridine rings is 1. The average Bonchev–Trinajstić information content (AvgIpc) is 2.54. The summed E-state index contributed by atoms with van der Waals surface area (Å²) in [5, 5.41) is 9.92. The number of aliphatic hydroxyl groups excluding tert-OH is 1. The Balaban J connectivity index is 2.58. The van der Waals surface area contributed by atoms with Crippen LogP contribution < -0.4 is 21.8 Å². The van der Waals surface area contributed by atoms with E-state index >= 15 is 0 Å². The molecule has 1 aromatic carbocycles. The maximum atomic E-state index is 12.6. The molecule has 1 N–H and O–H groups in total. The van der Waals surface area contributed by atoms with Gasteiger partial charge < -0.3 is 5.11 Å². The first-order chi connectivity index (χ1) is 10.6. The predicted octanol–water partition coefficient (Wildman–Crippen LogP) is 1.08. The summed E-state index contributed by atoms with van der Waals surface area (Å²) in [5.41, 5.74) is -0.477. The Morgan fingerprint density at radius 2 is 1.86 bits per heavy atom. The average molecular weight is 297 g/mol. The molecule has 0 aromatic heterocycles. The highest BCUT2D eigenvalue weighted by atomic mass is 16.2.